The molecule has 0 bridgehead atoms. The Balaban J connectivity index is 1.95. The number of amides is 1. The monoisotopic (exact) mass is 319 g/mol. The van der Waals surface area contributed by atoms with Crippen molar-refractivity contribution in [2.75, 3.05) is 19.9 Å². The third-order valence-corrected chi connectivity index (χ3v) is 4.41. The lowest BCUT2D eigenvalue weighted by Crippen LogP contribution is -2.32. The van der Waals surface area contributed by atoms with Crippen molar-refractivity contribution < 1.29 is 14.3 Å². The van der Waals surface area contributed by atoms with Crippen LogP contribution >= 0.6 is 0 Å². The molecule has 0 radical (unpaired) electrons. The van der Waals surface area contributed by atoms with Gasteiger partial charge in [0.25, 0.3) is 0 Å². The maximum atomic E-state index is 12.4. The molecule has 0 aliphatic carbocycles. The van der Waals surface area contributed by atoms with E-state index in [4.69, 9.17) is 9.47 Å². The molecule has 0 saturated heterocycles. The molecule has 0 N–H and O–H groups in total. The Bertz CT molecular complexity index is 509. The maximum absolute atomic E-state index is 12.4. The molecule has 0 unspecified atom stereocenters. The molecule has 0 fully saturated rings. The van der Waals surface area contributed by atoms with Crippen molar-refractivity contribution in [2.24, 2.45) is 0 Å². The molecule has 1 aliphatic heterocycles. The Labute approximate surface area is 139 Å². The van der Waals surface area contributed by atoms with E-state index in [1.54, 1.807) is 0 Å². The number of fused-ring (bicyclic) bond motifs is 1. The van der Waals surface area contributed by atoms with Crippen LogP contribution in [0.25, 0.3) is 0 Å². The Kier molecular flexibility index (Phi) is 6.75. The van der Waals surface area contributed by atoms with Gasteiger partial charge in [0.15, 0.2) is 11.5 Å². The van der Waals surface area contributed by atoms with E-state index in [2.05, 4.69) is 32.9 Å². The molecule has 0 aromatic heterocycles. The summed E-state index contributed by atoms with van der Waals surface area (Å²) in [6, 6.07) is 6.14. The summed E-state index contributed by atoms with van der Waals surface area (Å²) in [5.74, 6) is 2.31. The lowest BCUT2D eigenvalue weighted by molar-refractivity contribution is -0.131. The molecule has 1 aromatic carbocycles. The Hall–Kier alpha value is -1.71. The number of benzene rings is 1. The molecule has 0 saturated carbocycles. The van der Waals surface area contributed by atoms with E-state index in [0.29, 0.717) is 19.1 Å². The van der Waals surface area contributed by atoms with E-state index in [-0.39, 0.29) is 5.91 Å². The van der Waals surface area contributed by atoms with Crippen LogP contribution in [-0.2, 0) is 4.79 Å². The number of hydrogen-bond donors (Lipinski definition) is 0. The Morgan fingerprint density at radius 3 is 2.48 bits per heavy atom. The van der Waals surface area contributed by atoms with E-state index in [1.165, 1.54) is 5.56 Å². The lowest BCUT2D eigenvalue weighted by Gasteiger charge is -2.23. The van der Waals surface area contributed by atoms with Gasteiger partial charge >= 0.3 is 0 Å². The number of ether oxygens (including phenoxy) is 2. The van der Waals surface area contributed by atoms with Gasteiger partial charge in [-0.1, -0.05) is 26.8 Å². The summed E-state index contributed by atoms with van der Waals surface area (Å²) in [6.07, 6.45) is 4.57. The molecule has 4 heteroatoms. The zero-order valence-electron chi connectivity index (χ0n) is 14.6. The topological polar surface area (TPSA) is 38.8 Å². The molecule has 4 nitrogen and oxygen atoms in total. The first-order valence-electron chi connectivity index (χ1n) is 8.86. The number of carbonyl (C=O) groups excluding carboxylic acids is 1. The Morgan fingerprint density at radius 2 is 1.83 bits per heavy atom. The van der Waals surface area contributed by atoms with Crippen molar-refractivity contribution in [1.82, 2.24) is 4.90 Å². The van der Waals surface area contributed by atoms with Crippen LogP contribution in [0.1, 0.15) is 64.4 Å². The van der Waals surface area contributed by atoms with Crippen molar-refractivity contribution in [3.8, 4) is 11.5 Å². The predicted molar refractivity (Wildman–Crippen MR) is 92.0 cm³/mol. The second-order valence-corrected chi connectivity index (χ2v) is 6.14. The first-order chi connectivity index (χ1) is 11.2. The largest absolute Gasteiger partial charge is 0.454 e. The maximum Gasteiger partial charge on any atom is 0.231 e. The van der Waals surface area contributed by atoms with Crippen molar-refractivity contribution in [3.05, 3.63) is 23.8 Å². The van der Waals surface area contributed by atoms with Crippen LogP contribution in [0.5, 0.6) is 11.5 Å². The molecule has 1 heterocycles. The minimum absolute atomic E-state index is 0.285. The molecular weight excluding hydrogens is 290 g/mol. The van der Waals surface area contributed by atoms with Crippen molar-refractivity contribution >= 4 is 5.91 Å². The normalized spacial score (nSPS) is 13.9. The van der Waals surface area contributed by atoms with Crippen molar-refractivity contribution in [2.45, 2.75) is 58.8 Å². The van der Waals surface area contributed by atoms with E-state index in [0.717, 1.165) is 50.3 Å². The summed E-state index contributed by atoms with van der Waals surface area (Å²) in [6.45, 7) is 8.46. The highest BCUT2D eigenvalue weighted by Gasteiger charge is 2.19. The Morgan fingerprint density at radius 1 is 1.13 bits per heavy atom. The van der Waals surface area contributed by atoms with Crippen LogP contribution in [0.4, 0.5) is 0 Å². The molecule has 0 spiro atoms. The molecular formula is C19H29NO3. The lowest BCUT2D eigenvalue weighted by atomic mass is 9.91. The third-order valence-electron chi connectivity index (χ3n) is 4.41. The number of rotatable bonds is 9. The summed E-state index contributed by atoms with van der Waals surface area (Å²) in [5.41, 5.74) is 1.24. The van der Waals surface area contributed by atoms with Crippen molar-refractivity contribution in [3.63, 3.8) is 0 Å². The summed E-state index contributed by atoms with van der Waals surface area (Å²) >= 11 is 0. The highest BCUT2D eigenvalue weighted by molar-refractivity contribution is 5.76. The summed E-state index contributed by atoms with van der Waals surface area (Å²) in [5, 5.41) is 0. The van der Waals surface area contributed by atoms with Crippen LogP contribution in [0.15, 0.2) is 18.2 Å². The van der Waals surface area contributed by atoms with Crippen LogP contribution in [0.3, 0.4) is 0 Å². The van der Waals surface area contributed by atoms with Gasteiger partial charge in [-0.3, -0.25) is 4.79 Å². The first kappa shape index (κ1) is 17.6. The quantitative estimate of drug-likeness (QED) is 0.679. The van der Waals surface area contributed by atoms with Gasteiger partial charge in [0.1, 0.15) is 0 Å². The number of nitrogens with zero attached hydrogens (tertiary/aromatic N) is 1. The fourth-order valence-electron chi connectivity index (χ4n) is 3.13. The second-order valence-electron chi connectivity index (χ2n) is 6.14. The summed E-state index contributed by atoms with van der Waals surface area (Å²) < 4.78 is 10.8. The molecule has 1 aliphatic rings. The van der Waals surface area contributed by atoms with Crippen LogP contribution in [-0.4, -0.2) is 30.7 Å². The van der Waals surface area contributed by atoms with Gasteiger partial charge in [0.05, 0.1) is 0 Å². The molecule has 1 atom stereocenters. The van der Waals surface area contributed by atoms with Crippen LogP contribution in [0, 0.1) is 0 Å². The predicted octanol–water partition coefficient (Wildman–Crippen LogP) is 4.34. The molecule has 2 rings (SSSR count). The minimum Gasteiger partial charge on any atom is -0.454 e. The minimum atomic E-state index is 0.285. The first-order valence-corrected chi connectivity index (χ1v) is 8.86. The SMILES string of the molecule is CCCN(CCC)C(=O)CC[C@H](CC)c1ccc2c(c1)OCO2. The molecule has 1 aromatic rings. The molecule has 1 amide bonds. The summed E-state index contributed by atoms with van der Waals surface area (Å²) in [7, 11) is 0. The fourth-order valence-corrected chi connectivity index (χ4v) is 3.13. The third kappa shape index (κ3) is 4.63. The summed E-state index contributed by atoms with van der Waals surface area (Å²) in [4.78, 5) is 14.4. The highest BCUT2D eigenvalue weighted by Crippen LogP contribution is 2.36. The van der Waals surface area contributed by atoms with Gasteiger partial charge in [0.2, 0.25) is 12.7 Å². The van der Waals surface area contributed by atoms with E-state index < -0.39 is 0 Å². The zero-order chi connectivity index (χ0) is 16.7. The second kappa shape index (κ2) is 8.80. The van der Waals surface area contributed by atoms with E-state index in [1.807, 2.05) is 11.0 Å². The zero-order valence-corrected chi connectivity index (χ0v) is 14.6. The van der Waals surface area contributed by atoms with Crippen LogP contribution < -0.4 is 9.47 Å². The smallest absolute Gasteiger partial charge is 0.231 e. The molecule has 128 valence electrons. The molecule has 23 heavy (non-hydrogen) atoms. The van der Waals surface area contributed by atoms with Gasteiger partial charge in [0, 0.05) is 19.5 Å². The van der Waals surface area contributed by atoms with E-state index >= 15 is 0 Å². The highest BCUT2D eigenvalue weighted by atomic mass is 16.7. The average molecular weight is 319 g/mol. The van der Waals surface area contributed by atoms with Gasteiger partial charge < -0.3 is 14.4 Å². The van der Waals surface area contributed by atoms with Gasteiger partial charge in [-0.15, -0.1) is 0 Å². The van der Waals surface area contributed by atoms with Gasteiger partial charge in [-0.05, 0) is 49.3 Å². The van der Waals surface area contributed by atoms with Crippen LogP contribution in [0.2, 0.25) is 0 Å². The number of hydrogen-bond acceptors (Lipinski definition) is 3. The standard InChI is InChI=1S/C19H29NO3/c1-4-11-20(12-5-2)19(21)10-8-15(6-3)16-7-9-17-18(13-16)23-14-22-17/h7,9,13,15H,4-6,8,10-12,14H2,1-3H3/t15-/m0/s1. The van der Waals surface area contributed by atoms with Gasteiger partial charge in [-0.2, -0.15) is 0 Å². The number of carbonyl (C=O) groups is 1. The fraction of sp³-hybridized carbons (Fsp3) is 0.632. The van der Waals surface area contributed by atoms with Crippen molar-refractivity contribution in [1.29, 1.82) is 0 Å². The average Bonchev–Trinajstić information content (AvgIpc) is 3.02. The van der Waals surface area contributed by atoms with Gasteiger partial charge in [-0.25, -0.2) is 0 Å². The van der Waals surface area contributed by atoms with E-state index in [9.17, 15) is 4.79 Å².